The maximum absolute atomic E-state index is 12.2. The molecule has 1 saturated heterocycles. The van der Waals surface area contributed by atoms with Crippen molar-refractivity contribution in [2.45, 2.75) is 20.3 Å². The fourth-order valence-corrected chi connectivity index (χ4v) is 2.27. The lowest BCUT2D eigenvalue weighted by molar-refractivity contribution is -0.125. The van der Waals surface area contributed by atoms with Crippen LogP contribution in [0.5, 0.6) is 0 Å². The normalized spacial score (nSPS) is 19.7. The van der Waals surface area contributed by atoms with Gasteiger partial charge in [0.25, 0.3) is 5.91 Å². The third-order valence-corrected chi connectivity index (χ3v) is 3.79. The number of rotatable bonds is 2. The van der Waals surface area contributed by atoms with Crippen molar-refractivity contribution in [1.82, 2.24) is 9.88 Å². The summed E-state index contributed by atoms with van der Waals surface area (Å²) in [4.78, 5) is 29.4. The molecule has 4 nitrogen and oxygen atoms in total. The molecule has 0 spiro atoms. The first-order chi connectivity index (χ1) is 8.49. The molecule has 1 fully saturated rings. The monoisotopic (exact) mass is 310 g/mol. The molecule has 0 bridgehead atoms. The van der Waals surface area contributed by atoms with Crippen molar-refractivity contribution in [3.8, 4) is 0 Å². The van der Waals surface area contributed by atoms with E-state index in [1.807, 2.05) is 0 Å². The fraction of sp³-hybridized carbons (Fsp3) is 0.462. The molecule has 1 unspecified atom stereocenters. The fourth-order valence-electron chi connectivity index (χ4n) is 2.04. The highest BCUT2D eigenvalue weighted by Gasteiger charge is 2.35. The maximum atomic E-state index is 12.2. The number of carbonyl (C=O) groups is 2. The summed E-state index contributed by atoms with van der Waals surface area (Å²) in [6.45, 7) is 4.67. The van der Waals surface area contributed by atoms with Crippen LogP contribution in [0, 0.1) is 11.8 Å². The molecule has 1 aromatic heterocycles. The third kappa shape index (κ3) is 2.61. The molecule has 0 N–H and O–H groups in total. The average molecular weight is 311 g/mol. The van der Waals surface area contributed by atoms with Crippen LogP contribution in [0.3, 0.4) is 0 Å². The number of aromatic nitrogens is 1. The van der Waals surface area contributed by atoms with E-state index in [4.69, 9.17) is 0 Å². The highest BCUT2D eigenvalue weighted by molar-refractivity contribution is 9.10. The molecule has 1 aliphatic heterocycles. The molecule has 0 aromatic carbocycles. The van der Waals surface area contributed by atoms with Crippen molar-refractivity contribution < 1.29 is 9.59 Å². The van der Waals surface area contributed by atoms with Crippen molar-refractivity contribution >= 4 is 27.7 Å². The van der Waals surface area contributed by atoms with Crippen LogP contribution in [-0.2, 0) is 4.79 Å². The second-order valence-corrected chi connectivity index (χ2v) is 5.70. The molecule has 0 radical (unpaired) electrons. The SMILES string of the molecule is CC(C)C1CC(=O)N(C(=O)c2ccc(Br)nc2)C1. The summed E-state index contributed by atoms with van der Waals surface area (Å²) in [7, 11) is 0. The molecule has 96 valence electrons. The first-order valence-electron chi connectivity index (χ1n) is 5.95. The zero-order valence-corrected chi connectivity index (χ0v) is 12.0. The van der Waals surface area contributed by atoms with Gasteiger partial charge in [-0.25, -0.2) is 4.98 Å². The Morgan fingerprint density at radius 1 is 1.50 bits per heavy atom. The van der Waals surface area contributed by atoms with Crippen LogP contribution >= 0.6 is 15.9 Å². The summed E-state index contributed by atoms with van der Waals surface area (Å²) in [5.41, 5.74) is 0.455. The largest absolute Gasteiger partial charge is 0.278 e. The summed E-state index contributed by atoms with van der Waals surface area (Å²) >= 11 is 3.22. The van der Waals surface area contributed by atoms with E-state index in [9.17, 15) is 9.59 Å². The molecule has 2 amide bonds. The number of halogens is 1. The number of hydrogen-bond donors (Lipinski definition) is 0. The minimum atomic E-state index is -0.247. The van der Waals surface area contributed by atoms with E-state index in [0.29, 0.717) is 29.1 Å². The van der Waals surface area contributed by atoms with Gasteiger partial charge in [-0.2, -0.15) is 0 Å². The number of carbonyl (C=O) groups excluding carboxylic acids is 2. The lowest BCUT2D eigenvalue weighted by atomic mass is 9.95. The van der Waals surface area contributed by atoms with Crippen LogP contribution in [0.15, 0.2) is 22.9 Å². The molecular formula is C13H15BrN2O2. The van der Waals surface area contributed by atoms with Gasteiger partial charge in [-0.3, -0.25) is 14.5 Å². The second-order valence-electron chi connectivity index (χ2n) is 4.89. The molecule has 1 aliphatic rings. The maximum Gasteiger partial charge on any atom is 0.262 e. The Morgan fingerprint density at radius 2 is 2.22 bits per heavy atom. The number of nitrogens with zero attached hydrogens (tertiary/aromatic N) is 2. The van der Waals surface area contributed by atoms with Crippen molar-refractivity contribution in [2.24, 2.45) is 11.8 Å². The van der Waals surface area contributed by atoms with Crippen LogP contribution in [0.25, 0.3) is 0 Å². The van der Waals surface area contributed by atoms with E-state index in [-0.39, 0.29) is 17.7 Å². The zero-order valence-electron chi connectivity index (χ0n) is 10.4. The highest BCUT2D eigenvalue weighted by Crippen LogP contribution is 2.26. The summed E-state index contributed by atoms with van der Waals surface area (Å²) in [5, 5.41) is 0. The van der Waals surface area contributed by atoms with E-state index in [1.165, 1.54) is 11.1 Å². The Balaban J connectivity index is 2.15. The number of hydrogen-bond acceptors (Lipinski definition) is 3. The molecular weight excluding hydrogens is 296 g/mol. The molecule has 0 aliphatic carbocycles. The van der Waals surface area contributed by atoms with Gasteiger partial charge in [-0.05, 0) is 39.9 Å². The summed E-state index contributed by atoms with van der Waals surface area (Å²) < 4.78 is 0.673. The van der Waals surface area contributed by atoms with E-state index in [1.54, 1.807) is 12.1 Å². The molecule has 2 rings (SSSR count). The Bertz CT molecular complexity index is 470. The average Bonchev–Trinajstić information content (AvgIpc) is 2.71. The number of imide groups is 1. The minimum Gasteiger partial charge on any atom is -0.278 e. The standard InChI is InChI=1S/C13H15BrN2O2/c1-8(2)10-5-12(17)16(7-10)13(18)9-3-4-11(14)15-6-9/h3-4,6,8,10H,5,7H2,1-2H3. The Morgan fingerprint density at radius 3 is 2.72 bits per heavy atom. The van der Waals surface area contributed by atoms with Crippen LogP contribution in [0.2, 0.25) is 0 Å². The van der Waals surface area contributed by atoms with E-state index in [0.717, 1.165) is 0 Å². The summed E-state index contributed by atoms with van der Waals surface area (Å²) in [6.07, 6.45) is 1.95. The summed E-state index contributed by atoms with van der Waals surface area (Å²) in [6, 6.07) is 3.38. The molecule has 2 heterocycles. The van der Waals surface area contributed by atoms with Crippen LogP contribution in [-0.4, -0.2) is 28.2 Å². The highest BCUT2D eigenvalue weighted by atomic mass is 79.9. The molecule has 0 saturated carbocycles. The second kappa shape index (κ2) is 5.18. The summed E-state index contributed by atoms with van der Waals surface area (Å²) in [5.74, 6) is 0.351. The van der Waals surface area contributed by atoms with E-state index >= 15 is 0 Å². The lowest BCUT2D eigenvalue weighted by Gasteiger charge is -2.16. The number of likely N-dealkylation sites (tertiary alicyclic amines) is 1. The van der Waals surface area contributed by atoms with Crippen LogP contribution in [0.4, 0.5) is 0 Å². The van der Waals surface area contributed by atoms with Gasteiger partial charge in [0.15, 0.2) is 0 Å². The number of pyridine rings is 1. The van der Waals surface area contributed by atoms with Gasteiger partial charge in [0, 0.05) is 19.2 Å². The first-order valence-corrected chi connectivity index (χ1v) is 6.74. The first kappa shape index (κ1) is 13.2. The topological polar surface area (TPSA) is 50.3 Å². The van der Waals surface area contributed by atoms with Gasteiger partial charge < -0.3 is 0 Å². The van der Waals surface area contributed by atoms with Gasteiger partial charge in [-0.1, -0.05) is 13.8 Å². The predicted molar refractivity (Wildman–Crippen MR) is 70.9 cm³/mol. The minimum absolute atomic E-state index is 0.0818. The molecule has 18 heavy (non-hydrogen) atoms. The van der Waals surface area contributed by atoms with Crippen molar-refractivity contribution in [2.75, 3.05) is 6.54 Å². The van der Waals surface area contributed by atoms with Gasteiger partial charge in [-0.15, -0.1) is 0 Å². The van der Waals surface area contributed by atoms with Crippen molar-refractivity contribution in [1.29, 1.82) is 0 Å². The van der Waals surface area contributed by atoms with Gasteiger partial charge >= 0.3 is 0 Å². The van der Waals surface area contributed by atoms with Crippen LogP contribution < -0.4 is 0 Å². The zero-order chi connectivity index (χ0) is 13.3. The van der Waals surface area contributed by atoms with Gasteiger partial charge in [0.05, 0.1) is 5.56 Å². The predicted octanol–water partition coefficient (Wildman–Crippen LogP) is 2.49. The van der Waals surface area contributed by atoms with Crippen LogP contribution in [0.1, 0.15) is 30.6 Å². The van der Waals surface area contributed by atoms with Gasteiger partial charge in [0.2, 0.25) is 5.91 Å². The number of amides is 2. The van der Waals surface area contributed by atoms with Crippen molar-refractivity contribution in [3.63, 3.8) is 0 Å². The van der Waals surface area contributed by atoms with Gasteiger partial charge in [0.1, 0.15) is 4.60 Å². The quantitative estimate of drug-likeness (QED) is 0.623. The lowest BCUT2D eigenvalue weighted by Crippen LogP contribution is -2.32. The Labute approximate surface area is 115 Å². The molecule has 1 aromatic rings. The smallest absolute Gasteiger partial charge is 0.262 e. The Hall–Kier alpha value is -1.23. The third-order valence-electron chi connectivity index (χ3n) is 3.32. The Kier molecular flexibility index (Phi) is 3.80. The van der Waals surface area contributed by atoms with Crippen molar-refractivity contribution in [3.05, 3.63) is 28.5 Å². The van der Waals surface area contributed by atoms with E-state index < -0.39 is 0 Å². The molecule has 5 heteroatoms. The van der Waals surface area contributed by atoms with E-state index in [2.05, 4.69) is 34.8 Å². The molecule has 1 atom stereocenters.